The SMILES string of the molecule is Cc1ccccc1OCc1cccc(F)c1. The second-order valence-electron chi connectivity index (χ2n) is 3.68. The number of aryl methyl sites for hydroxylation is 1. The summed E-state index contributed by atoms with van der Waals surface area (Å²) >= 11 is 0. The minimum Gasteiger partial charge on any atom is -0.489 e. The summed E-state index contributed by atoms with van der Waals surface area (Å²) in [7, 11) is 0. The van der Waals surface area contributed by atoms with E-state index in [9.17, 15) is 4.39 Å². The normalized spacial score (nSPS) is 10.1. The van der Waals surface area contributed by atoms with Crippen molar-refractivity contribution in [3.63, 3.8) is 0 Å². The molecule has 0 amide bonds. The van der Waals surface area contributed by atoms with Gasteiger partial charge in [-0.2, -0.15) is 0 Å². The minimum absolute atomic E-state index is 0.231. The lowest BCUT2D eigenvalue weighted by Crippen LogP contribution is -1.97. The van der Waals surface area contributed by atoms with Crippen LogP contribution < -0.4 is 4.74 Å². The molecule has 2 heteroatoms. The molecule has 0 saturated heterocycles. The molecule has 0 aromatic heterocycles. The standard InChI is InChI=1S/C14H13FO/c1-11-5-2-3-8-14(11)16-10-12-6-4-7-13(15)9-12/h2-9H,10H2,1H3. The third-order valence-corrected chi connectivity index (χ3v) is 2.38. The molecular formula is C14H13FO. The molecule has 0 fully saturated rings. The highest BCUT2D eigenvalue weighted by molar-refractivity contribution is 5.32. The zero-order valence-corrected chi connectivity index (χ0v) is 9.11. The Bertz CT molecular complexity index is 480. The van der Waals surface area contributed by atoms with E-state index in [0.717, 1.165) is 16.9 Å². The molecule has 0 heterocycles. The molecule has 16 heavy (non-hydrogen) atoms. The average molecular weight is 216 g/mol. The van der Waals surface area contributed by atoms with Gasteiger partial charge in [-0.1, -0.05) is 30.3 Å². The third kappa shape index (κ3) is 2.60. The van der Waals surface area contributed by atoms with Crippen LogP contribution in [0.3, 0.4) is 0 Å². The quantitative estimate of drug-likeness (QED) is 0.759. The number of hydrogen-bond donors (Lipinski definition) is 0. The van der Waals surface area contributed by atoms with Crippen LogP contribution in [0.4, 0.5) is 4.39 Å². The van der Waals surface area contributed by atoms with Gasteiger partial charge in [0.15, 0.2) is 0 Å². The predicted molar refractivity (Wildman–Crippen MR) is 61.9 cm³/mol. The Morgan fingerprint density at radius 2 is 1.88 bits per heavy atom. The second kappa shape index (κ2) is 4.79. The minimum atomic E-state index is -0.231. The topological polar surface area (TPSA) is 9.23 Å². The van der Waals surface area contributed by atoms with Gasteiger partial charge in [-0.15, -0.1) is 0 Å². The van der Waals surface area contributed by atoms with E-state index in [1.54, 1.807) is 6.07 Å². The van der Waals surface area contributed by atoms with E-state index in [0.29, 0.717) is 6.61 Å². The maximum absolute atomic E-state index is 12.9. The van der Waals surface area contributed by atoms with Gasteiger partial charge < -0.3 is 4.74 Å². The number of para-hydroxylation sites is 1. The van der Waals surface area contributed by atoms with E-state index in [1.165, 1.54) is 12.1 Å². The van der Waals surface area contributed by atoms with Gasteiger partial charge in [0.1, 0.15) is 18.2 Å². The predicted octanol–water partition coefficient (Wildman–Crippen LogP) is 3.71. The van der Waals surface area contributed by atoms with Crippen LogP contribution in [0.2, 0.25) is 0 Å². The van der Waals surface area contributed by atoms with E-state index < -0.39 is 0 Å². The highest BCUT2D eigenvalue weighted by Gasteiger charge is 1.99. The lowest BCUT2D eigenvalue weighted by atomic mass is 10.2. The summed E-state index contributed by atoms with van der Waals surface area (Å²) in [5, 5.41) is 0. The number of halogens is 1. The Hall–Kier alpha value is -1.83. The molecule has 0 N–H and O–H groups in total. The van der Waals surface area contributed by atoms with Crippen molar-refractivity contribution >= 4 is 0 Å². The summed E-state index contributed by atoms with van der Waals surface area (Å²) in [6.07, 6.45) is 0. The second-order valence-corrected chi connectivity index (χ2v) is 3.68. The molecule has 0 atom stereocenters. The van der Waals surface area contributed by atoms with E-state index in [2.05, 4.69) is 0 Å². The molecule has 0 radical (unpaired) electrons. The zero-order chi connectivity index (χ0) is 11.4. The van der Waals surface area contributed by atoms with E-state index >= 15 is 0 Å². The van der Waals surface area contributed by atoms with E-state index in [-0.39, 0.29) is 5.82 Å². The average Bonchev–Trinajstić information content (AvgIpc) is 2.28. The van der Waals surface area contributed by atoms with Gasteiger partial charge >= 0.3 is 0 Å². The highest BCUT2D eigenvalue weighted by Crippen LogP contribution is 2.17. The Morgan fingerprint density at radius 3 is 2.62 bits per heavy atom. The Kier molecular flexibility index (Phi) is 3.20. The van der Waals surface area contributed by atoms with E-state index in [4.69, 9.17) is 4.74 Å². The van der Waals surface area contributed by atoms with Crippen LogP contribution in [0.25, 0.3) is 0 Å². The van der Waals surface area contributed by atoms with Crippen molar-refractivity contribution in [3.05, 3.63) is 65.5 Å². The summed E-state index contributed by atoms with van der Waals surface area (Å²) in [6, 6.07) is 14.2. The van der Waals surface area contributed by atoms with Gasteiger partial charge in [0.05, 0.1) is 0 Å². The molecule has 2 aromatic rings. The van der Waals surface area contributed by atoms with Crippen LogP contribution in [0.1, 0.15) is 11.1 Å². The summed E-state index contributed by atoms with van der Waals surface area (Å²) < 4.78 is 18.5. The first-order valence-corrected chi connectivity index (χ1v) is 5.18. The van der Waals surface area contributed by atoms with Crippen molar-refractivity contribution in [1.29, 1.82) is 0 Å². The van der Waals surface area contributed by atoms with Crippen LogP contribution in [0.5, 0.6) is 5.75 Å². The van der Waals surface area contributed by atoms with Crippen LogP contribution in [-0.2, 0) is 6.61 Å². The number of hydrogen-bond acceptors (Lipinski definition) is 1. The summed E-state index contributed by atoms with van der Waals surface area (Å²) in [4.78, 5) is 0. The van der Waals surface area contributed by atoms with Crippen LogP contribution >= 0.6 is 0 Å². The van der Waals surface area contributed by atoms with Crippen LogP contribution in [-0.4, -0.2) is 0 Å². The van der Waals surface area contributed by atoms with Crippen molar-refractivity contribution in [1.82, 2.24) is 0 Å². The van der Waals surface area contributed by atoms with Crippen molar-refractivity contribution in [2.75, 3.05) is 0 Å². The first kappa shape index (κ1) is 10.7. The van der Waals surface area contributed by atoms with Crippen molar-refractivity contribution in [2.24, 2.45) is 0 Å². The lowest BCUT2D eigenvalue weighted by Gasteiger charge is -2.08. The first-order chi connectivity index (χ1) is 7.75. The molecule has 0 spiro atoms. The van der Waals surface area contributed by atoms with E-state index in [1.807, 2.05) is 37.3 Å². The number of benzene rings is 2. The fourth-order valence-corrected chi connectivity index (χ4v) is 1.51. The van der Waals surface area contributed by atoms with Gasteiger partial charge in [-0.05, 0) is 36.2 Å². The molecule has 1 nitrogen and oxygen atoms in total. The zero-order valence-electron chi connectivity index (χ0n) is 9.11. The third-order valence-electron chi connectivity index (χ3n) is 2.38. The van der Waals surface area contributed by atoms with Crippen molar-refractivity contribution < 1.29 is 9.13 Å². The van der Waals surface area contributed by atoms with Crippen molar-refractivity contribution in [2.45, 2.75) is 13.5 Å². The molecular weight excluding hydrogens is 203 g/mol. The molecule has 0 aliphatic carbocycles. The number of ether oxygens (including phenoxy) is 1. The fourth-order valence-electron chi connectivity index (χ4n) is 1.51. The molecule has 2 aromatic carbocycles. The maximum Gasteiger partial charge on any atom is 0.123 e. The molecule has 0 saturated carbocycles. The molecule has 2 rings (SSSR count). The summed E-state index contributed by atoms with van der Waals surface area (Å²) in [6.45, 7) is 2.38. The Labute approximate surface area is 94.5 Å². The fraction of sp³-hybridized carbons (Fsp3) is 0.143. The highest BCUT2D eigenvalue weighted by atomic mass is 19.1. The van der Waals surface area contributed by atoms with Gasteiger partial charge in [-0.3, -0.25) is 0 Å². The van der Waals surface area contributed by atoms with Gasteiger partial charge in [-0.25, -0.2) is 4.39 Å². The maximum atomic E-state index is 12.9. The Balaban J connectivity index is 2.05. The first-order valence-electron chi connectivity index (χ1n) is 5.18. The largest absolute Gasteiger partial charge is 0.489 e. The van der Waals surface area contributed by atoms with Crippen LogP contribution in [0.15, 0.2) is 48.5 Å². The monoisotopic (exact) mass is 216 g/mol. The Morgan fingerprint density at radius 1 is 1.06 bits per heavy atom. The molecule has 0 aliphatic rings. The smallest absolute Gasteiger partial charge is 0.123 e. The van der Waals surface area contributed by atoms with Crippen molar-refractivity contribution in [3.8, 4) is 5.75 Å². The summed E-state index contributed by atoms with van der Waals surface area (Å²) in [5.74, 6) is 0.609. The summed E-state index contributed by atoms with van der Waals surface area (Å²) in [5.41, 5.74) is 1.92. The van der Waals surface area contributed by atoms with Gasteiger partial charge in [0, 0.05) is 0 Å². The number of rotatable bonds is 3. The van der Waals surface area contributed by atoms with Crippen LogP contribution in [0, 0.1) is 12.7 Å². The molecule has 0 aliphatic heterocycles. The molecule has 82 valence electrons. The molecule has 0 bridgehead atoms. The van der Waals surface area contributed by atoms with Gasteiger partial charge in [0.2, 0.25) is 0 Å². The van der Waals surface area contributed by atoms with Gasteiger partial charge in [0.25, 0.3) is 0 Å². The molecule has 0 unspecified atom stereocenters. The lowest BCUT2D eigenvalue weighted by molar-refractivity contribution is 0.303.